The molecule has 0 bridgehead atoms. The quantitative estimate of drug-likeness (QED) is 0.536. The number of halogens is 2. The molecule has 0 aliphatic heterocycles. The summed E-state index contributed by atoms with van der Waals surface area (Å²) < 4.78 is 12.9. The molecule has 106 valence electrons. The Labute approximate surface area is 122 Å². The van der Waals surface area contributed by atoms with Crippen molar-refractivity contribution in [1.29, 1.82) is 0 Å². The summed E-state index contributed by atoms with van der Waals surface area (Å²) in [6.07, 6.45) is 0.0481. The fourth-order valence-corrected chi connectivity index (χ4v) is 1.92. The van der Waals surface area contributed by atoms with Crippen molar-refractivity contribution in [2.24, 2.45) is 5.73 Å². The van der Waals surface area contributed by atoms with Crippen molar-refractivity contribution in [3.05, 3.63) is 81.7 Å². The van der Waals surface area contributed by atoms with Crippen LogP contribution >= 0.6 is 12.4 Å². The van der Waals surface area contributed by atoms with E-state index in [0.29, 0.717) is 0 Å². The molecule has 2 rings (SSSR count). The van der Waals surface area contributed by atoms with E-state index in [1.54, 1.807) is 24.3 Å². The second-order valence-electron chi connectivity index (χ2n) is 4.35. The number of hydrogen-bond acceptors (Lipinski definition) is 3. The normalized spacial score (nSPS) is 13.1. The predicted octanol–water partition coefficient (Wildman–Crippen LogP) is 2.88. The predicted molar refractivity (Wildman–Crippen MR) is 76.7 cm³/mol. The van der Waals surface area contributed by atoms with Crippen LogP contribution in [0, 0.1) is 15.9 Å². The van der Waals surface area contributed by atoms with Crippen molar-refractivity contribution in [2.45, 2.75) is 12.1 Å². The maximum Gasteiger partial charge on any atom is 0.302 e. The van der Waals surface area contributed by atoms with E-state index < -0.39 is 16.4 Å². The lowest BCUT2D eigenvalue weighted by molar-refractivity contribution is -0.578. The van der Waals surface area contributed by atoms with Gasteiger partial charge in [-0.05, 0) is 29.8 Å². The summed E-state index contributed by atoms with van der Waals surface area (Å²) in [6.45, 7) is 0. The van der Waals surface area contributed by atoms with E-state index in [1.165, 1.54) is 24.3 Å². The van der Waals surface area contributed by atoms with Crippen LogP contribution < -0.4 is 5.73 Å². The highest BCUT2D eigenvalue weighted by atomic mass is 35.5. The molecule has 1 atom stereocenters. The molecular formula is C14H14ClFN2O2. The fourth-order valence-electron chi connectivity index (χ4n) is 1.92. The van der Waals surface area contributed by atoms with Gasteiger partial charge in [0.05, 0.1) is 6.42 Å². The van der Waals surface area contributed by atoms with Gasteiger partial charge in [0.15, 0.2) is 0 Å². The molecule has 0 aliphatic carbocycles. The van der Waals surface area contributed by atoms with Gasteiger partial charge in [-0.1, -0.05) is 30.3 Å². The summed E-state index contributed by atoms with van der Waals surface area (Å²) >= 11 is 0. The van der Waals surface area contributed by atoms with Gasteiger partial charge < -0.3 is 0 Å². The van der Waals surface area contributed by atoms with Crippen LogP contribution in [-0.2, 0) is 12.1 Å². The highest BCUT2D eigenvalue weighted by molar-refractivity contribution is 5.85. The van der Waals surface area contributed by atoms with Gasteiger partial charge in [-0.2, -0.15) is 0 Å². The van der Waals surface area contributed by atoms with Crippen LogP contribution in [0.15, 0.2) is 54.6 Å². The Morgan fingerprint density at radius 3 is 2.15 bits per heavy atom. The first-order valence-electron chi connectivity index (χ1n) is 5.76. The van der Waals surface area contributed by atoms with Crippen molar-refractivity contribution in [2.75, 3.05) is 0 Å². The minimum atomic E-state index is -1.75. The Hall–Kier alpha value is -1.98. The smallest absolute Gasteiger partial charge is 0.262 e. The average molecular weight is 297 g/mol. The Morgan fingerprint density at radius 2 is 1.65 bits per heavy atom. The molecular weight excluding hydrogens is 283 g/mol. The van der Waals surface area contributed by atoms with E-state index in [0.717, 1.165) is 5.56 Å². The van der Waals surface area contributed by atoms with E-state index in [1.807, 2.05) is 6.07 Å². The molecule has 0 amide bonds. The van der Waals surface area contributed by atoms with Gasteiger partial charge in [0.1, 0.15) is 5.82 Å². The van der Waals surface area contributed by atoms with Crippen LogP contribution in [0.3, 0.4) is 0 Å². The van der Waals surface area contributed by atoms with Crippen molar-refractivity contribution in [1.82, 2.24) is 0 Å². The molecule has 0 saturated heterocycles. The van der Waals surface area contributed by atoms with Gasteiger partial charge in [0.25, 0.3) is 0 Å². The van der Waals surface area contributed by atoms with Crippen LogP contribution in [0.4, 0.5) is 4.39 Å². The Bertz CT molecular complexity index is 577. The van der Waals surface area contributed by atoms with E-state index in [2.05, 4.69) is 0 Å². The topological polar surface area (TPSA) is 69.2 Å². The Kier molecular flexibility index (Phi) is 5.19. The maximum absolute atomic E-state index is 12.9. The summed E-state index contributed by atoms with van der Waals surface area (Å²) in [7, 11) is 0. The zero-order valence-corrected chi connectivity index (χ0v) is 11.3. The fraction of sp³-hybridized carbons (Fsp3) is 0.143. The van der Waals surface area contributed by atoms with E-state index >= 15 is 0 Å². The minimum Gasteiger partial charge on any atom is -0.262 e. The van der Waals surface area contributed by atoms with E-state index in [9.17, 15) is 14.5 Å². The van der Waals surface area contributed by atoms with E-state index in [4.69, 9.17) is 5.73 Å². The molecule has 2 N–H and O–H groups in total. The molecule has 0 heterocycles. The second kappa shape index (κ2) is 6.45. The van der Waals surface area contributed by atoms with Crippen molar-refractivity contribution >= 4 is 12.4 Å². The van der Waals surface area contributed by atoms with Crippen LogP contribution in [0.25, 0.3) is 0 Å². The zero-order chi connectivity index (χ0) is 13.9. The Morgan fingerprint density at radius 1 is 1.10 bits per heavy atom. The molecule has 0 aliphatic rings. The van der Waals surface area contributed by atoms with Gasteiger partial charge in [0.2, 0.25) is 0 Å². The van der Waals surface area contributed by atoms with E-state index in [-0.39, 0.29) is 24.4 Å². The van der Waals surface area contributed by atoms with Crippen molar-refractivity contribution in [3.63, 3.8) is 0 Å². The van der Waals surface area contributed by atoms with Gasteiger partial charge >= 0.3 is 5.66 Å². The van der Waals surface area contributed by atoms with Crippen molar-refractivity contribution < 1.29 is 9.31 Å². The number of nitrogens with two attached hydrogens (primary N) is 1. The monoisotopic (exact) mass is 296 g/mol. The molecule has 2 aromatic rings. The summed E-state index contributed by atoms with van der Waals surface area (Å²) in [5.41, 5.74) is 5.20. The molecule has 20 heavy (non-hydrogen) atoms. The molecule has 0 fully saturated rings. The maximum atomic E-state index is 12.9. The SMILES string of the molecule is Cl.NC(Cc1ccccc1)(c1ccc(F)cc1)[N+](=O)[O-]. The second-order valence-corrected chi connectivity index (χ2v) is 4.35. The lowest BCUT2D eigenvalue weighted by Crippen LogP contribution is -2.46. The van der Waals surface area contributed by atoms with Crippen molar-refractivity contribution in [3.8, 4) is 0 Å². The summed E-state index contributed by atoms with van der Waals surface area (Å²) in [5.74, 6) is -0.450. The zero-order valence-electron chi connectivity index (χ0n) is 10.5. The van der Waals surface area contributed by atoms with Crippen LogP contribution in [-0.4, -0.2) is 4.92 Å². The highest BCUT2D eigenvalue weighted by Gasteiger charge is 2.40. The largest absolute Gasteiger partial charge is 0.302 e. The number of rotatable bonds is 4. The number of nitro groups is 1. The standard InChI is InChI=1S/C14H13FN2O2.ClH/c15-13-8-6-12(7-9-13)14(16,17(18)19)10-11-4-2-1-3-5-11;/h1-9H,10,16H2;1H. The highest BCUT2D eigenvalue weighted by Crippen LogP contribution is 2.24. The third kappa shape index (κ3) is 3.31. The molecule has 4 nitrogen and oxygen atoms in total. The molecule has 0 spiro atoms. The first-order chi connectivity index (χ1) is 9.02. The molecule has 0 aromatic heterocycles. The summed E-state index contributed by atoms with van der Waals surface area (Å²) in [4.78, 5) is 10.8. The van der Waals surface area contributed by atoms with Gasteiger partial charge in [-0.3, -0.25) is 15.8 Å². The molecule has 0 radical (unpaired) electrons. The molecule has 6 heteroatoms. The third-order valence-electron chi connectivity index (χ3n) is 2.99. The number of nitrogens with zero attached hydrogens (tertiary/aromatic N) is 1. The average Bonchev–Trinajstić information content (AvgIpc) is 2.40. The first-order valence-corrected chi connectivity index (χ1v) is 5.76. The minimum absolute atomic E-state index is 0. The molecule has 1 unspecified atom stereocenters. The number of benzene rings is 2. The van der Waals surface area contributed by atoms with Gasteiger partial charge in [-0.15, -0.1) is 12.4 Å². The van der Waals surface area contributed by atoms with Crippen LogP contribution in [0.5, 0.6) is 0 Å². The van der Waals surface area contributed by atoms with Crippen LogP contribution in [0.1, 0.15) is 11.1 Å². The third-order valence-corrected chi connectivity index (χ3v) is 2.99. The Balaban J connectivity index is 0.00000200. The summed E-state index contributed by atoms with van der Waals surface area (Å²) in [5, 5.41) is 11.3. The summed E-state index contributed by atoms with van der Waals surface area (Å²) in [6, 6.07) is 14.0. The lowest BCUT2D eigenvalue weighted by atomic mass is 9.93. The first kappa shape index (κ1) is 16.1. The van der Waals surface area contributed by atoms with Gasteiger partial charge in [0, 0.05) is 10.5 Å². The van der Waals surface area contributed by atoms with Gasteiger partial charge in [-0.25, -0.2) is 4.39 Å². The molecule has 2 aromatic carbocycles. The van der Waals surface area contributed by atoms with Crippen LogP contribution in [0.2, 0.25) is 0 Å². The molecule has 0 saturated carbocycles. The lowest BCUT2D eigenvalue weighted by Gasteiger charge is -2.21. The number of hydrogen-bond donors (Lipinski definition) is 1.